The van der Waals surface area contributed by atoms with Crippen LogP contribution in [0.3, 0.4) is 0 Å². The maximum Gasteiger partial charge on any atom is 0.293 e. The molecule has 0 aliphatic heterocycles. The zero-order chi connectivity index (χ0) is 23.4. The largest absolute Gasteiger partial charge is 0.375 e. The molecule has 4 rings (SSSR count). The highest BCUT2D eigenvalue weighted by Crippen LogP contribution is 2.30. The Kier molecular flexibility index (Phi) is 6.20. The Hall–Kier alpha value is -4.02. The maximum atomic E-state index is 12.0. The van der Waals surface area contributed by atoms with Crippen LogP contribution in [0.2, 0.25) is 0 Å². The normalized spacial score (nSPS) is 11.3. The Balaban J connectivity index is 1.70. The van der Waals surface area contributed by atoms with Crippen molar-refractivity contribution < 1.29 is 13.3 Å². The highest BCUT2D eigenvalue weighted by atomic mass is 32.2. The minimum absolute atomic E-state index is 0.177. The summed E-state index contributed by atoms with van der Waals surface area (Å²) in [4.78, 5) is 10.8. The molecule has 4 aromatic rings. The molecule has 10 heteroatoms. The van der Waals surface area contributed by atoms with Crippen LogP contribution in [0.15, 0.2) is 90.0 Å². The lowest BCUT2D eigenvalue weighted by atomic mass is 10.1. The van der Waals surface area contributed by atoms with Crippen molar-refractivity contribution in [1.82, 2.24) is 14.5 Å². The van der Waals surface area contributed by atoms with Crippen molar-refractivity contribution in [2.75, 3.05) is 12.4 Å². The molecule has 0 atom stereocenters. The molecule has 0 spiro atoms. The van der Waals surface area contributed by atoms with Crippen molar-refractivity contribution in [2.45, 2.75) is 11.4 Å². The van der Waals surface area contributed by atoms with E-state index in [9.17, 15) is 18.5 Å². The van der Waals surface area contributed by atoms with E-state index in [1.807, 2.05) is 66.9 Å². The number of nitrogens with zero attached hydrogens (tertiary/aromatic N) is 3. The van der Waals surface area contributed by atoms with E-state index in [-0.39, 0.29) is 22.8 Å². The van der Waals surface area contributed by atoms with Gasteiger partial charge in [0.25, 0.3) is 5.69 Å². The highest BCUT2D eigenvalue weighted by molar-refractivity contribution is 7.89. The highest BCUT2D eigenvalue weighted by Gasteiger charge is 2.21. The van der Waals surface area contributed by atoms with Crippen LogP contribution in [0.25, 0.3) is 16.9 Å². The van der Waals surface area contributed by atoms with Gasteiger partial charge < -0.3 is 5.32 Å². The molecule has 0 saturated heterocycles. The fraction of sp³-hybridized carbons (Fsp3) is 0.0870. The van der Waals surface area contributed by atoms with E-state index in [0.29, 0.717) is 0 Å². The van der Waals surface area contributed by atoms with E-state index in [0.717, 1.165) is 28.6 Å². The van der Waals surface area contributed by atoms with E-state index in [1.54, 1.807) is 4.68 Å². The number of para-hydroxylation sites is 1. The Morgan fingerprint density at radius 2 is 1.67 bits per heavy atom. The molecule has 2 N–H and O–H groups in total. The number of benzene rings is 3. The lowest BCUT2D eigenvalue weighted by Crippen LogP contribution is -2.18. The standard InChI is InChI=1S/C23H21N5O4S/c1-24-33(31,32)20-12-13-21(22(14-20)28(29)30)25-15-18-16-27(19-10-6-3-7-11-19)26-23(18)17-8-4-2-5-9-17/h2-14,16,24-25H,15H2,1H3. The Morgan fingerprint density at radius 1 is 1.00 bits per heavy atom. The summed E-state index contributed by atoms with van der Waals surface area (Å²) >= 11 is 0. The number of nitro groups is 1. The van der Waals surface area contributed by atoms with Crippen LogP contribution >= 0.6 is 0 Å². The van der Waals surface area contributed by atoms with Crippen molar-refractivity contribution >= 4 is 21.4 Å². The number of anilines is 1. The first-order chi connectivity index (χ1) is 15.9. The summed E-state index contributed by atoms with van der Waals surface area (Å²) in [5.74, 6) is 0. The van der Waals surface area contributed by atoms with Crippen molar-refractivity contribution in [2.24, 2.45) is 0 Å². The molecule has 0 fully saturated rings. The second kappa shape index (κ2) is 9.23. The smallest absolute Gasteiger partial charge is 0.293 e. The number of sulfonamides is 1. The molecule has 1 heterocycles. The van der Waals surface area contributed by atoms with E-state index >= 15 is 0 Å². The lowest BCUT2D eigenvalue weighted by molar-refractivity contribution is -0.384. The second-order valence-electron chi connectivity index (χ2n) is 7.15. The molecule has 0 aliphatic rings. The molecule has 0 amide bonds. The van der Waals surface area contributed by atoms with Crippen molar-refractivity contribution in [3.63, 3.8) is 0 Å². The van der Waals surface area contributed by atoms with Crippen LogP contribution in [0, 0.1) is 10.1 Å². The zero-order valence-corrected chi connectivity index (χ0v) is 18.5. The average molecular weight is 464 g/mol. The minimum atomic E-state index is -3.80. The van der Waals surface area contributed by atoms with Gasteiger partial charge in [0, 0.05) is 29.9 Å². The summed E-state index contributed by atoms with van der Waals surface area (Å²) in [5.41, 5.74) is 3.24. The van der Waals surface area contributed by atoms with Gasteiger partial charge in [-0.05, 0) is 31.3 Å². The molecule has 168 valence electrons. The first-order valence-electron chi connectivity index (χ1n) is 10.0. The molecule has 0 saturated carbocycles. The molecule has 33 heavy (non-hydrogen) atoms. The van der Waals surface area contributed by atoms with Crippen LogP contribution in [-0.4, -0.2) is 30.2 Å². The number of aromatic nitrogens is 2. The van der Waals surface area contributed by atoms with Crippen LogP contribution in [0.4, 0.5) is 11.4 Å². The van der Waals surface area contributed by atoms with E-state index in [4.69, 9.17) is 5.10 Å². The second-order valence-corrected chi connectivity index (χ2v) is 9.03. The summed E-state index contributed by atoms with van der Waals surface area (Å²) in [6.07, 6.45) is 1.87. The van der Waals surface area contributed by atoms with E-state index < -0.39 is 14.9 Å². The van der Waals surface area contributed by atoms with Gasteiger partial charge in [0.1, 0.15) is 5.69 Å². The molecule has 9 nitrogen and oxygen atoms in total. The van der Waals surface area contributed by atoms with E-state index in [2.05, 4.69) is 10.0 Å². The SMILES string of the molecule is CNS(=O)(=O)c1ccc(NCc2cn(-c3ccccc3)nc2-c2ccccc2)c([N+](=O)[O-])c1. The van der Waals surface area contributed by atoms with Crippen molar-refractivity contribution in [3.8, 4) is 16.9 Å². The van der Waals surface area contributed by atoms with Gasteiger partial charge in [0.15, 0.2) is 0 Å². The molecule has 1 aromatic heterocycles. The molecular formula is C23H21N5O4S. The number of hydrogen-bond donors (Lipinski definition) is 2. The van der Waals surface area contributed by atoms with Gasteiger partial charge in [-0.2, -0.15) is 5.10 Å². The number of nitro benzene ring substituents is 1. The first-order valence-corrected chi connectivity index (χ1v) is 11.5. The Morgan fingerprint density at radius 3 is 2.30 bits per heavy atom. The summed E-state index contributed by atoms with van der Waals surface area (Å²) in [5, 5.41) is 19.4. The van der Waals surface area contributed by atoms with Crippen LogP contribution in [0.5, 0.6) is 0 Å². The molecule has 3 aromatic carbocycles. The molecule has 0 radical (unpaired) electrons. The van der Waals surface area contributed by atoms with Gasteiger partial charge in [-0.3, -0.25) is 10.1 Å². The quantitative estimate of drug-likeness (QED) is 0.301. The topological polar surface area (TPSA) is 119 Å². The van der Waals surface area contributed by atoms with Crippen molar-refractivity contribution in [1.29, 1.82) is 0 Å². The van der Waals surface area contributed by atoms with E-state index in [1.165, 1.54) is 19.2 Å². The predicted octanol–water partition coefficient (Wildman–Crippen LogP) is 3.97. The zero-order valence-electron chi connectivity index (χ0n) is 17.7. The van der Waals surface area contributed by atoms with Crippen LogP contribution in [-0.2, 0) is 16.6 Å². The Bertz CT molecular complexity index is 1390. The molecule has 0 bridgehead atoms. The average Bonchev–Trinajstić information content (AvgIpc) is 3.28. The lowest BCUT2D eigenvalue weighted by Gasteiger charge is -2.09. The Labute approximate surface area is 190 Å². The predicted molar refractivity (Wildman–Crippen MR) is 126 cm³/mol. The number of hydrogen-bond acceptors (Lipinski definition) is 6. The molecular weight excluding hydrogens is 442 g/mol. The van der Waals surface area contributed by atoms with Gasteiger partial charge in [0.2, 0.25) is 10.0 Å². The van der Waals surface area contributed by atoms with Gasteiger partial charge in [-0.25, -0.2) is 17.8 Å². The van der Waals surface area contributed by atoms with Crippen LogP contribution < -0.4 is 10.0 Å². The van der Waals surface area contributed by atoms with Gasteiger partial charge >= 0.3 is 0 Å². The third-order valence-electron chi connectivity index (χ3n) is 5.07. The fourth-order valence-electron chi connectivity index (χ4n) is 3.38. The fourth-order valence-corrected chi connectivity index (χ4v) is 4.13. The summed E-state index contributed by atoms with van der Waals surface area (Å²) in [6, 6.07) is 23.0. The monoisotopic (exact) mass is 463 g/mol. The van der Waals surface area contributed by atoms with Gasteiger partial charge in [-0.1, -0.05) is 48.5 Å². The molecule has 0 unspecified atom stereocenters. The summed E-state index contributed by atoms with van der Waals surface area (Å²) in [6.45, 7) is 0.246. The molecule has 0 aliphatic carbocycles. The third kappa shape index (κ3) is 4.76. The third-order valence-corrected chi connectivity index (χ3v) is 6.48. The number of rotatable bonds is 8. The summed E-state index contributed by atoms with van der Waals surface area (Å²) < 4.78 is 28.0. The maximum absolute atomic E-state index is 12.0. The van der Waals surface area contributed by atoms with Crippen molar-refractivity contribution in [3.05, 3.63) is 101 Å². The van der Waals surface area contributed by atoms with Gasteiger partial charge in [0.05, 0.1) is 21.2 Å². The van der Waals surface area contributed by atoms with Gasteiger partial charge in [-0.15, -0.1) is 0 Å². The van der Waals surface area contributed by atoms with Crippen LogP contribution in [0.1, 0.15) is 5.56 Å². The minimum Gasteiger partial charge on any atom is -0.375 e. The first kappa shape index (κ1) is 22.2. The summed E-state index contributed by atoms with van der Waals surface area (Å²) in [7, 11) is -2.55. The number of nitrogens with one attached hydrogen (secondary N) is 2.